The molecule has 0 fully saturated rings. The monoisotopic (exact) mass is 250 g/mol. The number of nitro groups is 1. The fraction of sp³-hybridized carbons (Fsp3) is 0.100. The van der Waals surface area contributed by atoms with Gasteiger partial charge in [-0.1, -0.05) is 0 Å². The smallest absolute Gasteiger partial charge is 0.322 e. The molecule has 0 aliphatic carbocycles. The second-order valence-electron chi connectivity index (χ2n) is 3.10. The van der Waals surface area contributed by atoms with Crippen molar-refractivity contribution in [3.63, 3.8) is 0 Å². The van der Waals surface area contributed by atoms with E-state index in [1.54, 1.807) is 6.07 Å². The molecule has 8 heteroatoms. The van der Waals surface area contributed by atoms with E-state index >= 15 is 0 Å². The number of carboxylic acids is 1. The van der Waals surface area contributed by atoms with Crippen LogP contribution in [0.15, 0.2) is 18.2 Å². The zero-order chi connectivity index (χ0) is 13.7. The van der Waals surface area contributed by atoms with Gasteiger partial charge in [0.05, 0.1) is 16.6 Å². The Kier molecular flexibility index (Phi) is 3.93. The van der Waals surface area contributed by atoms with Crippen LogP contribution in [0.1, 0.15) is 12.0 Å². The fourth-order valence-electron chi connectivity index (χ4n) is 1.10. The predicted octanol–water partition coefficient (Wildman–Crippen LogP) is 0.847. The van der Waals surface area contributed by atoms with Crippen molar-refractivity contribution in [2.24, 2.45) is 0 Å². The Morgan fingerprint density at radius 1 is 1.50 bits per heavy atom. The summed E-state index contributed by atoms with van der Waals surface area (Å²) in [6.07, 6.45) is -0.906. The number of benzene rings is 1. The van der Waals surface area contributed by atoms with Gasteiger partial charge >= 0.3 is 17.6 Å². The summed E-state index contributed by atoms with van der Waals surface area (Å²) >= 11 is 0. The van der Waals surface area contributed by atoms with Crippen LogP contribution in [-0.4, -0.2) is 22.0 Å². The summed E-state index contributed by atoms with van der Waals surface area (Å²) < 4.78 is 4.55. The molecule has 92 valence electrons. The number of nitrogens with zero attached hydrogens (tertiary/aromatic N) is 2. The highest BCUT2D eigenvalue weighted by Gasteiger charge is 2.20. The van der Waals surface area contributed by atoms with Crippen molar-refractivity contribution in [1.82, 2.24) is 0 Å². The minimum Gasteiger partial charge on any atom is -0.481 e. The van der Waals surface area contributed by atoms with Gasteiger partial charge in [-0.15, -0.1) is 0 Å². The molecule has 1 aromatic carbocycles. The van der Waals surface area contributed by atoms with Gasteiger partial charge in [-0.25, -0.2) is 0 Å². The highest BCUT2D eigenvalue weighted by atomic mass is 16.6. The summed E-state index contributed by atoms with van der Waals surface area (Å²) in [4.78, 5) is 31.2. The van der Waals surface area contributed by atoms with Crippen LogP contribution in [-0.2, 0) is 9.59 Å². The van der Waals surface area contributed by atoms with Crippen LogP contribution in [0, 0.1) is 21.4 Å². The second-order valence-corrected chi connectivity index (χ2v) is 3.10. The Balaban J connectivity index is 3.02. The molecule has 0 aliphatic heterocycles. The van der Waals surface area contributed by atoms with E-state index in [0.29, 0.717) is 0 Å². The average Bonchev–Trinajstić information content (AvgIpc) is 2.28. The molecule has 0 unspecified atom stereocenters. The highest BCUT2D eigenvalue weighted by Crippen LogP contribution is 2.28. The van der Waals surface area contributed by atoms with E-state index in [1.165, 1.54) is 6.07 Å². The lowest BCUT2D eigenvalue weighted by Gasteiger charge is -2.03. The minimum absolute atomic E-state index is 0.0275. The molecule has 1 aromatic rings. The summed E-state index contributed by atoms with van der Waals surface area (Å²) in [7, 11) is 0. The molecule has 1 N–H and O–H groups in total. The molecule has 0 saturated carbocycles. The Morgan fingerprint density at radius 2 is 2.17 bits per heavy atom. The van der Waals surface area contributed by atoms with E-state index in [0.717, 1.165) is 12.1 Å². The molecule has 8 nitrogen and oxygen atoms in total. The van der Waals surface area contributed by atoms with Crippen molar-refractivity contribution < 1.29 is 24.4 Å². The highest BCUT2D eigenvalue weighted by molar-refractivity contribution is 5.91. The third-order valence-electron chi connectivity index (χ3n) is 1.80. The number of aliphatic carboxylic acids is 1. The summed E-state index contributed by atoms with van der Waals surface area (Å²) in [5.41, 5.74) is -0.549. The van der Waals surface area contributed by atoms with E-state index in [2.05, 4.69) is 4.74 Å². The molecule has 0 spiro atoms. The second kappa shape index (κ2) is 5.40. The first-order valence-corrected chi connectivity index (χ1v) is 4.55. The third-order valence-corrected chi connectivity index (χ3v) is 1.80. The minimum atomic E-state index is -1.41. The van der Waals surface area contributed by atoms with Crippen molar-refractivity contribution in [2.75, 3.05) is 0 Å². The Morgan fingerprint density at radius 3 is 2.67 bits per heavy atom. The number of nitro benzene ring substituents is 1. The molecule has 0 atom stereocenters. The number of carbonyl (C=O) groups excluding carboxylic acids is 1. The maximum Gasteiger partial charge on any atom is 0.322 e. The van der Waals surface area contributed by atoms with E-state index in [4.69, 9.17) is 10.4 Å². The molecule has 0 saturated heterocycles. The number of ether oxygens (including phenoxy) is 1. The lowest BCUT2D eigenvalue weighted by Crippen LogP contribution is -2.14. The fourth-order valence-corrected chi connectivity index (χ4v) is 1.10. The summed E-state index contributed by atoms with van der Waals surface area (Å²) in [5.74, 6) is -2.93. The number of hydrogen-bond donors (Lipinski definition) is 1. The standard InChI is InChI=1S/C10H6N2O6/c11-5-6-1-2-8(7(3-6)12(16)17)18-10(15)4-9(13)14/h1-3H,4H2,(H,13,14). The van der Waals surface area contributed by atoms with Crippen LogP contribution in [0.3, 0.4) is 0 Å². The normalized spacial score (nSPS) is 9.28. The Bertz CT molecular complexity index is 560. The van der Waals surface area contributed by atoms with E-state index < -0.39 is 34.7 Å². The van der Waals surface area contributed by atoms with Gasteiger partial charge < -0.3 is 9.84 Å². The average molecular weight is 250 g/mol. The van der Waals surface area contributed by atoms with Crippen LogP contribution in [0.5, 0.6) is 5.75 Å². The molecule has 0 heterocycles. The first-order valence-electron chi connectivity index (χ1n) is 4.55. The van der Waals surface area contributed by atoms with E-state index in [9.17, 15) is 19.7 Å². The Labute approximate surface area is 100 Å². The molecule has 18 heavy (non-hydrogen) atoms. The van der Waals surface area contributed by atoms with Crippen molar-refractivity contribution in [3.8, 4) is 11.8 Å². The SMILES string of the molecule is N#Cc1ccc(OC(=O)CC(=O)O)c([N+](=O)[O-])c1. The van der Waals surface area contributed by atoms with Crippen LogP contribution >= 0.6 is 0 Å². The maximum atomic E-state index is 11.1. The molecule has 1 rings (SSSR count). The third kappa shape index (κ3) is 3.28. The van der Waals surface area contributed by atoms with Gasteiger partial charge in [0.1, 0.15) is 6.42 Å². The molecular weight excluding hydrogens is 244 g/mol. The van der Waals surface area contributed by atoms with Crippen molar-refractivity contribution in [3.05, 3.63) is 33.9 Å². The summed E-state index contributed by atoms with van der Waals surface area (Å²) in [6, 6.07) is 4.91. The first kappa shape index (κ1) is 13.1. The van der Waals surface area contributed by atoms with Gasteiger partial charge in [0.15, 0.2) is 0 Å². The number of hydrogen-bond acceptors (Lipinski definition) is 6. The van der Waals surface area contributed by atoms with Gasteiger partial charge in [0.25, 0.3) is 0 Å². The van der Waals surface area contributed by atoms with E-state index in [1.807, 2.05) is 0 Å². The lowest BCUT2D eigenvalue weighted by molar-refractivity contribution is -0.385. The zero-order valence-corrected chi connectivity index (χ0v) is 8.82. The number of carboxylic acid groups (broad SMARTS) is 1. The van der Waals surface area contributed by atoms with Gasteiger partial charge in [-0.3, -0.25) is 19.7 Å². The lowest BCUT2D eigenvalue weighted by atomic mass is 10.2. The number of rotatable bonds is 4. The number of carbonyl (C=O) groups is 2. The zero-order valence-electron chi connectivity index (χ0n) is 8.82. The van der Waals surface area contributed by atoms with Crippen molar-refractivity contribution >= 4 is 17.6 Å². The first-order chi connectivity index (χ1) is 8.43. The largest absolute Gasteiger partial charge is 0.481 e. The Hall–Kier alpha value is -2.95. The summed E-state index contributed by atoms with van der Waals surface area (Å²) in [6.45, 7) is 0. The quantitative estimate of drug-likeness (QED) is 0.275. The number of esters is 1. The van der Waals surface area contributed by atoms with Crippen LogP contribution < -0.4 is 4.74 Å². The molecular formula is C10H6N2O6. The van der Waals surface area contributed by atoms with Gasteiger partial charge in [0.2, 0.25) is 5.75 Å². The van der Waals surface area contributed by atoms with Gasteiger partial charge in [-0.05, 0) is 12.1 Å². The summed E-state index contributed by atoms with van der Waals surface area (Å²) in [5, 5.41) is 27.6. The van der Waals surface area contributed by atoms with Crippen molar-refractivity contribution in [2.45, 2.75) is 6.42 Å². The topological polar surface area (TPSA) is 131 Å². The van der Waals surface area contributed by atoms with Crippen molar-refractivity contribution in [1.29, 1.82) is 5.26 Å². The van der Waals surface area contributed by atoms with Crippen LogP contribution in [0.25, 0.3) is 0 Å². The predicted molar refractivity (Wildman–Crippen MR) is 55.7 cm³/mol. The van der Waals surface area contributed by atoms with Gasteiger partial charge in [-0.2, -0.15) is 5.26 Å². The molecule has 0 aliphatic rings. The van der Waals surface area contributed by atoms with Gasteiger partial charge in [0, 0.05) is 6.07 Å². The maximum absolute atomic E-state index is 11.1. The molecule has 0 bridgehead atoms. The van der Waals surface area contributed by atoms with Crippen LogP contribution in [0.4, 0.5) is 5.69 Å². The molecule has 0 aromatic heterocycles. The van der Waals surface area contributed by atoms with E-state index in [-0.39, 0.29) is 5.56 Å². The van der Waals surface area contributed by atoms with Crippen LogP contribution in [0.2, 0.25) is 0 Å². The molecule has 0 amide bonds. The molecule has 0 radical (unpaired) electrons. The number of nitriles is 1.